The van der Waals surface area contributed by atoms with Crippen LogP contribution in [-0.2, 0) is 14.0 Å². The van der Waals surface area contributed by atoms with Gasteiger partial charge in [0.25, 0.3) is 0 Å². The molecule has 0 aliphatic heterocycles. The molecule has 0 N–H and O–H groups in total. The maximum absolute atomic E-state index is 11.4. The summed E-state index contributed by atoms with van der Waals surface area (Å²) in [6.07, 6.45) is 4.27. The summed E-state index contributed by atoms with van der Waals surface area (Å²) in [6.45, 7) is 12.8. The monoisotopic (exact) mass is 298 g/mol. The van der Waals surface area contributed by atoms with Crippen LogP contribution in [0, 0.1) is 11.8 Å². The summed E-state index contributed by atoms with van der Waals surface area (Å²) in [4.78, 5) is 22.4. The van der Waals surface area contributed by atoms with Crippen molar-refractivity contribution in [2.45, 2.75) is 77.6 Å². The van der Waals surface area contributed by atoms with Crippen molar-refractivity contribution >= 4 is 20.4 Å². The summed E-state index contributed by atoms with van der Waals surface area (Å²) < 4.78 is 6.51. The van der Waals surface area contributed by atoms with Crippen LogP contribution in [0.2, 0.25) is 18.1 Å². The van der Waals surface area contributed by atoms with Gasteiger partial charge in [-0.1, -0.05) is 20.8 Å². The molecule has 3 atom stereocenters. The van der Waals surface area contributed by atoms with Crippen molar-refractivity contribution in [3.63, 3.8) is 0 Å². The highest BCUT2D eigenvalue weighted by Crippen LogP contribution is 2.44. The third kappa shape index (κ3) is 4.25. The van der Waals surface area contributed by atoms with Crippen LogP contribution in [0.3, 0.4) is 0 Å². The van der Waals surface area contributed by atoms with Gasteiger partial charge in [-0.05, 0) is 49.7 Å². The second-order valence-corrected chi connectivity index (χ2v) is 12.5. The molecule has 1 saturated carbocycles. The highest BCUT2D eigenvalue weighted by molar-refractivity contribution is 6.74. The van der Waals surface area contributed by atoms with Crippen LogP contribution in [0.5, 0.6) is 0 Å². The van der Waals surface area contributed by atoms with E-state index in [-0.39, 0.29) is 22.8 Å². The van der Waals surface area contributed by atoms with Gasteiger partial charge in [0.15, 0.2) is 8.32 Å². The number of Topliss-reactive ketones (excluding diaryl/α,β-unsaturated/α-hetero) is 1. The Morgan fingerprint density at radius 2 is 1.90 bits per heavy atom. The largest absolute Gasteiger partial charge is 0.414 e. The molecule has 0 bridgehead atoms. The molecule has 0 saturated heterocycles. The van der Waals surface area contributed by atoms with Crippen LogP contribution in [0.15, 0.2) is 0 Å². The fourth-order valence-corrected chi connectivity index (χ4v) is 4.29. The Labute approximate surface area is 124 Å². The van der Waals surface area contributed by atoms with Gasteiger partial charge in [-0.2, -0.15) is 0 Å². The number of ketones is 1. The van der Waals surface area contributed by atoms with Gasteiger partial charge in [0.1, 0.15) is 12.1 Å². The first kappa shape index (κ1) is 17.6. The van der Waals surface area contributed by atoms with Crippen LogP contribution >= 0.6 is 0 Å². The van der Waals surface area contributed by atoms with E-state index in [4.69, 9.17) is 4.43 Å². The molecule has 1 aliphatic rings. The van der Waals surface area contributed by atoms with E-state index in [9.17, 15) is 9.59 Å². The van der Waals surface area contributed by atoms with Crippen molar-refractivity contribution in [1.29, 1.82) is 0 Å². The fraction of sp³-hybridized carbons (Fsp3) is 0.875. The Balaban J connectivity index is 2.79. The zero-order chi connectivity index (χ0) is 15.6. The standard InChI is InChI=1S/C16H30O3Si/c1-12(18)11-13-7-8-15(14(13)9-10-17)19-20(5,6)16(2,3)4/h10,13-15H,7-9,11H2,1-6H3/t13-,14+,15?/m1/s1. The van der Waals surface area contributed by atoms with Gasteiger partial charge in [-0.15, -0.1) is 0 Å². The molecule has 0 radical (unpaired) electrons. The van der Waals surface area contributed by atoms with E-state index in [0.717, 1.165) is 19.1 Å². The van der Waals surface area contributed by atoms with Gasteiger partial charge in [0.05, 0.1) is 0 Å². The zero-order valence-corrected chi connectivity index (χ0v) is 14.9. The van der Waals surface area contributed by atoms with Gasteiger partial charge in [-0.25, -0.2) is 0 Å². The molecule has 1 rings (SSSR count). The van der Waals surface area contributed by atoms with Crippen molar-refractivity contribution in [2.75, 3.05) is 0 Å². The van der Waals surface area contributed by atoms with E-state index in [1.165, 1.54) is 0 Å². The van der Waals surface area contributed by atoms with E-state index in [0.29, 0.717) is 18.8 Å². The third-order valence-corrected chi connectivity index (χ3v) is 9.58. The number of aldehydes is 1. The Morgan fingerprint density at radius 3 is 2.35 bits per heavy atom. The van der Waals surface area contributed by atoms with E-state index >= 15 is 0 Å². The smallest absolute Gasteiger partial charge is 0.192 e. The molecule has 0 aromatic rings. The highest BCUT2D eigenvalue weighted by atomic mass is 28.4. The molecule has 1 fully saturated rings. The molecular formula is C16H30O3Si. The predicted molar refractivity (Wildman–Crippen MR) is 84.3 cm³/mol. The first-order valence-electron chi connectivity index (χ1n) is 7.69. The Bertz CT molecular complexity index is 357. The SMILES string of the molecule is CC(=O)C[C@H]1CCC(O[Si](C)(C)C(C)(C)C)[C@H]1CC=O. The van der Waals surface area contributed by atoms with Crippen LogP contribution in [0.25, 0.3) is 0 Å². The molecule has 1 unspecified atom stereocenters. The number of rotatable bonds is 6. The minimum absolute atomic E-state index is 0.158. The minimum atomic E-state index is -1.81. The average molecular weight is 298 g/mol. The summed E-state index contributed by atoms with van der Waals surface area (Å²) >= 11 is 0. The number of carbonyl (C=O) groups is 2. The molecular weight excluding hydrogens is 268 g/mol. The van der Waals surface area contributed by atoms with E-state index in [1.807, 2.05) is 0 Å². The van der Waals surface area contributed by atoms with Crippen LogP contribution in [-0.4, -0.2) is 26.5 Å². The molecule has 1 aliphatic carbocycles. The van der Waals surface area contributed by atoms with Gasteiger partial charge in [0, 0.05) is 18.9 Å². The summed E-state index contributed by atoms with van der Waals surface area (Å²) in [5.74, 6) is 0.775. The molecule has 116 valence electrons. The lowest BCUT2D eigenvalue weighted by molar-refractivity contribution is -0.118. The number of hydrogen-bond donors (Lipinski definition) is 0. The summed E-state index contributed by atoms with van der Waals surface area (Å²) in [6, 6.07) is 0. The molecule has 0 spiro atoms. The van der Waals surface area contributed by atoms with Gasteiger partial charge >= 0.3 is 0 Å². The Kier molecular flexibility index (Phi) is 5.73. The van der Waals surface area contributed by atoms with Crippen LogP contribution < -0.4 is 0 Å². The normalized spacial score (nSPS) is 27.6. The average Bonchev–Trinajstić information content (AvgIpc) is 2.60. The highest BCUT2D eigenvalue weighted by Gasteiger charge is 2.44. The second-order valence-electron chi connectivity index (χ2n) is 7.73. The summed E-state index contributed by atoms with van der Waals surface area (Å²) in [5, 5.41) is 0.178. The molecule has 20 heavy (non-hydrogen) atoms. The first-order valence-corrected chi connectivity index (χ1v) is 10.6. The maximum atomic E-state index is 11.4. The molecule has 4 heteroatoms. The molecule has 0 heterocycles. The third-order valence-electron chi connectivity index (χ3n) is 5.08. The lowest BCUT2D eigenvalue weighted by Gasteiger charge is -2.40. The van der Waals surface area contributed by atoms with Crippen molar-refractivity contribution in [3.05, 3.63) is 0 Å². The van der Waals surface area contributed by atoms with Crippen molar-refractivity contribution in [2.24, 2.45) is 11.8 Å². The van der Waals surface area contributed by atoms with Crippen molar-refractivity contribution in [1.82, 2.24) is 0 Å². The predicted octanol–water partition coefficient (Wildman–Crippen LogP) is 3.97. The van der Waals surface area contributed by atoms with Crippen LogP contribution in [0.1, 0.15) is 53.4 Å². The molecule has 0 aromatic heterocycles. The molecule has 0 aromatic carbocycles. The van der Waals surface area contributed by atoms with Gasteiger partial charge in [-0.3, -0.25) is 0 Å². The number of hydrogen-bond acceptors (Lipinski definition) is 3. The van der Waals surface area contributed by atoms with E-state index in [1.54, 1.807) is 6.92 Å². The quantitative estimate of drug-likeness (QED) is 0.550. The molecule has 0 amide bonds. The minimum Gasteiger partial charge on any atom is -0.414 e. The van der Waals surface area contributed by atoms with Crippen molar-refractivity contribution in [3.8, 4) is 0 Å². The topological polar surface area (TPSA) is 43.4 Å². The Hall–Kier alpha value is -0.483. The van der Waals surface area contributed by atoms with Crippen LogP contribution in [0.4, 0.5) is 0 Å². The van der Waals surface area contributed by atoms with E-state index in [2.05, 4.69) is 33.9 Å². The zero-order valence-electron chi connectivity index (χ0n) is 13.9. The first-order chi connectivity index (χ1) is 9.08. The molecule has 3 nitrogen and oxygen atoms in total. The summed E-state index contributed by atoms with van der Waals surface area (Å²) in [7, 11) is -1.81. The second kappa shape index (κ2) is 6.52. The van der Waals surface area contributed by atoms with E-state index < -0.39 is 8.32 Å². The fourth-order valence-electron chi connectivity index (χ4n) is 2.89. The van der Waals surface area contributed by atoms with Gasteiger partial charge < -0.3 is 14.0 Å². The lowest BCUT2D eigenvalue weighted by atomic mass is 9.88. The maximum Gasteiger partial charge on any atom is 0.192 e. The summed E-state index contributed by atoms with van der Waals surface area (Å²) in [5.41, 5.74) is 0. The number of carbonyl (C=O) groups excluding carboxylic acids is 2. The van der Waals surface area contributed by atoms with Gasteiger partial charge in [0.2, 0.25) is 0 Å². The lowest BCUT2D eigenvalue weighted by Crippen LogP contribution is -2.45. The van der Waals surface area contributed by atoms with Crippen molar-refractivity contribution < 1.29 is 14.0 Å². The Morgan fingerprint density at radius 1 is 1.30 bits per heavy atom.